The summed E-state index contributed by atoms with van der Waals surface area (Å²) in [7, 11) is 4.19. The molecule has 0 saturated heterocycles. The summed E-state index contributed by atoms with van der Waals surface area (Å²) >= 11 is 0. The summed E-state index contributed by atoms with van der Waals surface area (Å²) in [6.45, 7) is 4.81. The summed E-state index contributed by atoms with van der Waals surface area (Å²) in [6, 6.07) is 8.10. The number of nitrogens with one attached hydrogen (secondary N) is 1. The van der Waals surface area contributed by atoms with Gasteiger partial charge in [-0.15, -0.1) is 0 Å². The molecule has 3 heteroatoms. The molecule has 0 aromatic heterocycles. The first-order valence-electron chi connectivity index (χ1n) is 5.84. The van der Waals surface area contributed by atoms with Crippen LogP contribution in [0.5, 0.6) is 5.75 Å². The van der Waals surface area contributed by atoms with Crippen molar-refractivity contribution in [2.45, 2.75) is 13.3 Å². The van der Waals surface area contributed by atoms with Gasteiger partial charge in [0.25, 0.3) is 0 Å². The molecule has 0 saturated carbocycles. The summed E-state index contributed by atoms with van der Waals surface area (Å²) < 4.78 is 5.44. The second-order valence-corrected chi connectivity index (χ2v) is 4.04. The zero-order valence-corrected chi connectivity index (χ0v) is 10.5. The van der Waals surface area contributed by atoms with Gasteiger partial charge in [0.1, 0.15) is 5.75 Å². The van der Waals surface area contributed by atoms with Gasteiger partial charge in [-0.05, 0) is 46.1 Å². The fraction of sp³-hybridized carbons (Fsp3) is 0.538. The van der Waals surface area contributed by atoms with Crippen LogP contribution in [0.1, 0.15) is 13.3 Å². The number of rotatable bonds is 7. The third-order valence-corrected chi connectivity index (χ3v) is 2.26. The van der Waals surface area contributed by atoms with Crippen molar-refractivity contribution < 1.29 is 4.74 Å². The van der Waals surface area contributed by atoms with Crippen molar-refractivity contribution in [2.24, 2.45) is 0 Å². The summed E-state index contributed by atoms with van der Waals surface area (Å²) in [5, 5.41) is 3.39. The Balaban J connectivity index is 2.33. The Bertz CT molecular complexity index is 300. The molecule has 0 aliphatic rings. The fourth-order valence-electron chi connectivity index (χ4n) is 1.49. The van der Waals surface area contributed by atoms with E-state index in [0.29, 0.717) is 6.61 Å². The Labute approximate surface area is 98.4 Å². The molecule has 1 aromatic rings. The van der Waals surface area contributed by atoms with Crippen molar-refractivity contribution in [3.05, 3.63) is 24.3 Å². The Kier molecular flexibility index (Phi) is 5.72. The third kappa shape index (κ3) is 5.03. The van der Waals surface area contributed by atoms with Gasteiger partial charge in [-0.2, -0.15) is 0 Å². The van der Waals surface area contributed by atoms with E-state index in [9.17, 15) is 0 Å². The molecule has 16 heavy (non-hydrogen) atoms. The smallest absolute Gasteiger partial charge is 0.121 e. The summed E-state index contributed by atoms with van der Waals surface area (Å²) in [5.74, 6) is 0.931. The molecular weight excluding hydrogens is 200 g/mol. The minimum Gasteiger partial charge on any atom is -0.494 e. The van der Waals surface area contributed by atoms with Gasteiger partial charge in [-0.3, -0.25) is 0 Å². The van der Waals surface area contributed by atoms with E-state index in [1.165, 1.54) is 0 Å². The molecule has 0 spiro atoms. The molecule has 0 amide bonds. The molecule has 90 valence electrons. The molecule has 1 N–H and O–H groups in total. The molecule has 0 atom stereocenters. The first-order valence-corrected chi connectivity index (χ1v) is 5.84. The van der Waals surface area contributed by atoms with Gasteiger partial charge in [0.05, 0.1) is 6.61 Å². The molecule has 0 radical (unpaired) electrons. The summed E-state index contributed by atoms with van der Waals surface area (Å²) in [5.41, 5.74) is 1.13. The van der Waals surface area contributed by atoms with Crippen LogP contribution in [0.2, 0.25) is 0 Å². The Morgan fingerprint density at radius 3 is 2.81 bits per heavy atom. The maximum absolute atomic E-state index is 5.44. The fourth-order valence-corrected chi connectivity index (χ4v) is 1.49. The van der Waals surface area contributed by atoms with Gasteiger partial charge in [-0.1, -0.05) is 6.07 Å². The van der Waals surface area contributed by atoms with Gasteiger partial charge < -0.3 is 15.0 Å². The minimum absolute atomic E-state index is 0.712. The zero-order chi connectivity index (χ0) is 11.8. The third-order valence-electron chi connectivity index (χ3n) is 2.26. The first kappa shape index (κ1) is 12.8. The number of nitrogens with zero attached hydrogens (tertiary/aromatic N) is 1. The highest BCUT2D eigenvalue weighted by Gasteiger charge is 1.96. The van der Waals surface area contributed by atoms with E-state index >= 15 is 0 Å². The van der Waals surface area contributed by atoms with Gasteiger partial charge in [0.15, 0.2) is 0 Å². The molecule has 1 aromatic carbocycles. The predicted octanol–water partition coefficient (Wildman–Crippen LogP) is 2.45. The highest BCUT2D eigenvalue weighted by molar-refractivity contribution is 5.48. The highest BCUT2D eigenvalue weighted by Crippen LogP contribution is 2.16. The molecular formula is C13H22N2O. The average Bonchev–Trinajstić information content (AvgIpc) is 2.25. The topological polar surface area (TPSA) is 24.5 Å². The van der Waals surface area contributed by atoms with Crippen LogP contribution in [0.15, 0.2) is 24.3 Å². The number of hydrogen-bond acceptors (Lipinski definition) is 3. The molecule has 0 unspecified atom stereocenters. The molecule has 0 bridgehead atoms. The van der Waals surface area contributed by atoms with Crippen molar-refractivity contribution in [1.29, 1.82) is 0 Å². The van der Waals surface area contributed by atoms with Crippen LogP contribution in [0.4, 0.5) is 5.69 Å². The summed E-state index contributed by atoms with van der Waals surface area (Å²) in [4.78, 5) is 2.19. The summed E-state index contributed by atoms with van der Waals surface area (Å²) in [6.07, 6.45) is 1.14. The van der Waals surface area contributed by atoms with Crippen molar-refractivity contribution in [1.82, 2.24) is 4.90 Å². The van der Waals surface area contributed by atoms with Gasteiger partial charge >= 0.3 is 0 Å². The quantitative estimate of drug-likeness (QED) is 0.717. The van der Waals surface area contributed by atoms with Crippen molar-refractivity contribution >= 4 is 5.69 Å². The van der Waals surface area contributed by atoms with Crippen LogP contribution in [-0.4, -0.2) is 38.7 Å². The molecule has 0 heterocycles. The average molecular weight is 222 g/mol. The SMILES string of the molecule is CCOc1cccc(NCCCN(C)C)c1. The van der Waals surface area contributed by atoms with Gasteiger partial charge in [-0.25, -0.2) is 0 Å². The van der Waals surface area contributed by atoms with Crippen molar-refractivity contribution in [3.63, 3.8) is 0 Å². The minimum atomic E-state index is 0.712. The number of ether oxygens (including phenoxy) is 1. The molecule has 1 rings (SSSR count). The van der Waals surface area contributed by atoms with Crippen LogP contribution in [0.25, 0.3) is 0 Å². The largest absolute Gasteiger partial charge is 0.494 e. The van der Waals surface area contributed by atoms with Crippen molar-refractivity contribution in [2.75, 3.05) is 39.1 Å². The normalized spacial score (nSPS) is 10.5. The first-order chi connectivity index (χ1) is 7.72. The standard InChI is InChI=1S/C13H22N2O/c1-4-16-13-8-5-7-12(11-13)14-9-6-10-15(2)3/h5,7-8,11,14H,4,6,9-10H2,1-3H3. The second kappa shape index (κ2) is 7.12. The lowest BCUT2D eigenvalue weighted by Crippen LogP contribution is -2.16. The van der Waals surface area contributed by atoms with Gasteiger partial charge in [0.2, 0.25) is 0 Å². The predicted molar refractivity (Wildman–Crippen MR) is 69.3 cm³/mol. The van der Waals surface area contributed by atoms with E-state index in [4.69, 9.17) is 4.74 Å². The lowest BCUT2D eigenvalue weighted by atomic mass is 10.3. The van der Waals surface area contributed by atoms with Crippen molar-refractivity contribution in [3.8, 4) is 5.75 Å². The van der Waals surface area contributed by atoms with E-state index in [0.717, 1.165) is 30.9 Å². The van der Waals surface area contributed by atoms with Crippen LogP contribution in [0, 0.1) is 0 Å². The molecule has 3 nitrogen and oxygen atoms in total. The Hall–Kier alpha value is -1.22. The number of hydrogen-bond donors (Lipinski definition) is 1. The van der Waals surface area contributed by atoms with E-state index in [1.807, 2.05) is 25.1 Å². The van der Waals surface area contributed by atoms with Crippen LogP contribution < -0.4 is 10.1 Å². The maximum Gasteiger partial charge on any atom is 0.121 e. The Morgan fingerprint density at radius 2 is 2.12 bits per heavy atom. The molecule has 0 fully saturated rings. The van der Waals surface area contributed by atoms with E-state index in [2.05, 4.69) is 30.4 Å². The van der Waals surface area contributed by atoms with E-state index in [-0.39, 0.29) is 0 Å². The lowest BCUT2D eigenvalue weighted by molar-refractivity contribution is 0.340. The monoisotopic (exact) mass is 222 g/mol. The van der Waals surface area contributed by atoms with Crippen LogP contribution in [-0.2, 0) is 0 Å². The van der Waals surface area contributed by atoms with E-state index in [1.54, 1.807) is 0 Å². The number of benzene rings is 1. The highest BCUT2D eigenvalue weighted by atomic mass is 16.5. The molecule has 0 aliphatic carbocycles. The number of anilines is 1. The maximum atomic E-state index is 5.44. The Morgan fingerprint density at radius 1 is 1.31 bits per heavy atom. The van der Waals surface area contributed by atoms with E-state index < -0.39 is 0 Å². The van der Waals surface area contributed by atoms with Crippen LogP contribution >= 0.6 is 0 Å². The van der Waals surface area contributed by atoms with Gasteiger partial charge in [0, 0.05) is 18.3 Å². The van der Waals surface area contributed by atoms with Crippen LogP contribution in [0.3, 0.4) is 0 Å². The second-order valence-electron chi connectivity index (χ2n) is 4.04. The zero-order valence-electron chi connectivity index (χ0n) is 10.5. The molecule has 0 aliphatic heterocycles. The lowest BCUT2D eigenvalue weighted by Gasteiger charge is -2.11.